The molecule has 6 nitrogen and oxygen atoms in total. The predicted molar refractivity (Wildman–Crippen MR) is 174 cm³/mol. The van der Waals surface area contributed by atoms with Crippen LogP contribution in [0.5, 0.6) is 0 Å². The first-order valence-electron chi connectivity index (χ1n) is 14.3. The molecular formula is C34H26B4N2O4U. The van der Waals surface area contributed by atoms with E-state index in [0.29, 0.717) is 11.4 Å². The van der Waals surface area contributed by atoms with Crippen LogP contribution in [0.4, 0.5) is 11.4 Å². The summed E-state index contributed by atoms with van der Waals surface area (Å²) in [6.07, 6.45) is 1.90. The summed E-state index contributed by atoms with van der Waals surface area (Å²) in [6, 6.07) is 36.5. The van der Waals surface area contributed by atoms with Gasteiger partial charge in [-0.3, -0.25) is 29.0 Å². The Kier molecular flexibility index (Phi) is 12.3. The number of hydrogen-bond donors (Lipinski definition) is 0. The van der Waals surface area contributed by atoms with Gasteiger partial charge in [-0.2, -0.15) is 71.8 Å². The first-order valence-corrected chi connectivity index (χ1v) is 14.3. The van der Waals surface area contributed by atoms with Crippen LogP contribution in [0.25, 0.3) is 0 Å². The second kappa shape index (κ2) is 16.2. The molecule has 0 bridgehead atoms. The number of amides is 4. The van der Waals surface area contributed by atoms with Crippen LogP contribution in [0.3, 0.4) is 0 Å². The zero-order valence-corrected chi connectivity index (χ0v) is 28.7. The van der Waals surface area contributed by atoms with Crippen molar-refractivity contribution in [2.75, 3.05) is 9.80 Å². The fourth-order valence-electron chi connectivity index (χ4n) is 5.23. The molecule has 2 heterocycles. The minimum atomic E-state index is -0.507. The Balaban J connectivity index is 0.000000200. The smallest absolute Gasteiger partial charge is 0.275 e. The monoisotopic (exact) mass is 808 g/mol. The van der Waals surface area contributed by atoms with Gasteiger partial charge in [0.25, 0.3) is 0 Å². The maximum atomic E-state index is 12.1. The molecule has 0 N–H and O–H groups in total. The second-order valence-electron chi connectivity index (χ2n) is 10.6. The number of benzene rings is 4. The van der Waals surface area contributed by atoms with Gasteiger partial charge in [-0.05, 0) is 48.2 Å². The van der Waals surface area contributed by atoms with Crippen LogP contribution in [0, 0.1) is 43.2 Å². The zero-order chi connectivity index (χ0) is 31.1. The van der Waals surface area contributed by atoms with Gasteiger partial charge in [-0.15, -0.1) is 0 Å². The molecule has 0 saturated carbocycles. The topological polar surface area (TPSA) is 74.8 Å². The van der Waals surface area contributed by atoms with E-state index in [4.69, 9.17) is 15.5 Å². The SMILES string of the molecule is [B][B]C1CC(=O)N(c2ccc(Cc3cc[c-]cc3)cc2)C1=O.[B][B]C1CC(=O)N(c2ccc(Cc3cc[c-]cc3)cc2)C1=O.[U+2]. The third kappa shape index (κ3) is 8.39. The summed E-state index contributed by atoms with van der Waals surface area (Å²) < 4.78 is 0. The molecular weight excluding hydrogens is 782 g/mol. The molecule has 6 radical (unpaired) electrons. The van der Waals surface area contributed by atoms with E-state index in [-0.39, 0.29) is 67.6 Å². The average Bonchev–Trinajstić information content (AvgIpc) is 3.51. The molecule has 2 aliphatic heterocycles. The van der Waals surface area contributed by atoms with Crippen molar-refractivity contribution in [3.05, 3.63) is 131 Å². The number of nitrogens with zero attached hydrogens (tertiary/aromatic N) is 2. The summed E-state index contributed by atoms with van der Waals surface area (Å²) in [5.74, 6) is -1.93. The van der Waals surface area contributed by atoms with E-state index in [1.165, 1.54) is 35.3 Å². The molecule has 0 spiro atoms. The van der Waals surface area contributed by atoms with Crippen molar-refractivity contribution in [2.45, 2.75) is 37.3 Å². The largest absolute Gasteiger partial charge is 2.00 e. The van der Waals surface area contributed by atoms with Crippen LogP contribution >= 0.6 is 0 Å². The molecule has 0 aromatic heterocycles. The molecule has 6 rings (SSSR count). The van der Waals surface area contributed by atoms with Crippen molar-refractivity contribution in [3.8, 4) is 0 Å². The Hall–Kier alpha value is -3.53. The van der Waals surface area contributed by atoms with Gasteiger partial charge in [-0.25, -0.2) is 0 Å². The molecule has 0 aliphatic carbocycles. The van der Waals surface area contributed by atoms with Gasteiger partial charge in [0.2, 0.25) is 23.6 Å². The van der Waals surface area contributed by atoms with Crippen molar-refractivity contribution < 1.29 is 50.3 Å². The molecule has 2 atom stereocenters. The predicted octanol–water partition coefficient (Wildman–Crippen LogP) is 3.83. The maximum Gasteiger partial charge on any atom is 2.00 e. The van der Waals surface area contributed by atoms with Gasteiger partial charge in [0, 0.05) is 40.0 Å². The van der Waals surface area contributed by atoms with Crippen molar-refractivity contribution in [3.63, 3.8) is 0 Å². The zero-order valence-electron chi connectivity index (χ0n) is 24.6. The van der Waals surface area contributed by atoms with Crippen molar-refractivity contribution in [1.29, 1.82) is 0 Å². The molecule has 4 amide bonds. The summed E-state index contributed by atoms with van der Waals surface area (Å²) in [4.78, 5) is 50.6. The molecule has 4 aromatic rings. The molecule has 212 valence electrons. The second-order valence-corrected chi connectivity index (χ2v) is 10.6. The minimum absolute atomic E-state index is 0. The molecule has 2 aliphatic rings. The minimum Gasteiger partial charge on any atom is -0.275 e. The summed E-state index contributed by atoms with van der Waals surface area (Å²) in [5, 5.41) is 0. The summed E-state index contributed by atoms with van der Waals surface area (Å²) >= 11 is 0. The number of carbonyl (C=O) groups is 4. The van der Waals surface area contributed by atoms with Gasteiger partial charge in [0.15, 0.2) is 0 Å². The van der Waals surface area contributed by atoms with Gasteiger partial charge < -0.3 is 0 Å². The van der Waals surface area contributed by atoms with Gasteiger partial charge in [-0.1, -0.05) is 24.3 Å². The van der Waals surface area contributed by atoms with E-state index in [1.54, 1.807) is 24.3 Å². The summed E-state index contributed by atoms with van der Waals surface area (Å²) in [5.41, 5.74) is 5.83. The van der Waals surface area contributed by atoms with E-state index in [0.717, 1.165) is 24.0 Å². The number of hydrogen-bond acceptors (Lipinski definition) is 4. The third-order valence-electron chi connectivity index (χ3n) is 7.61. The Morgan fingerprint density at radius 2 is 0.867 bits per heavy atom. The molecule has 45 heavy (non-hydrogen) atoms. The Bertz CT molecular complexity index is 1500. The Labute approximate surface area is 292 Å². The molecule has 2 saturated heterocycles. The van der Waals surface area contributed by atoms with Crippen LogP contribution in [-0.4, -0.2) is 53.4 Å². The van der Waals surface area contributed by atoms with Crippen molar-refractivity contribution in [2.24, 2.45) is 0 Å². The van der Waals surface area contributed by atoms with Gasteiger partial charge >= 0.3 is 31.1 Å². The fraction of sp³-hybridized carbons (Fsp3) is 0.176. The average molecular weight is 808 g/mol. The number of carbonyl (C=O) groups excluding carboxylic acids is 4. The Morgan fingerprint density at radius 1 is 0.556 bits per heavy atom. The van der Waals surface area contributed by atoms with E-state index in [2.05, 4.69) is 12.1 Å². The van der Waals surface area contributed by atoms with Gasteiger partial charge in [0.1, 0.15) is 0 Å². The van der Waals surface area contributed by atoms with Crippen LogP contribution in [-0.2, 0) is 32.0 Å². The first kappa shape index (κ1) is 34.3. The molecule has 4 aromatic carbocycles. The van der Waals surface area contributed by atoms with E-state index in [9.17, 15) is 19.2 Å². The quantitative estimate of drug-likeness (QED) is 0.154. The van der Waals surface area contributed by atoms with Crippen LogP contribution in [0.15, 0.2) is 97.1 Å². The van der Waals surface area contributed by atoms with Crippen LogP contribution in [0.1, 0.15) is 35.1 Å². The molecule has 2 fully saturated rings. The van der Waals surface area contributed by atoms with Crippen LogP contribution in [0.2, 0.25) is 11.6 Å². The maximum absolute atomic E-state index is 12.1. The molecule has 11 heteroatoms. The van der Waals surface area contributed by atoms with Crippen LogP contribution < -0.4 is 9.80 Å². The fourth-order valence-corrected chi connectivity index (χ4v) is 5.23. The standard InChI is InChI=1S/2C17H13B2NO2.U/c2*18-19-15-11-16(21)20(17(15)22)14-8-6-13(7-9-14)10-12-4-2-1-3-5-12;/h2*2-9,15H,10-11H2;/q2*-1;+2. The normalized spacial score (nSPS) is 17.4. The van der Waals surface area contributed by atoms with E-state index >= 15 is 0 Å². The first-order chi connectivity index (χ1) is 21.4. The van der Waals surface area contributed by atoms with Crippen molar-refractivity contribution >= 4 is 64.8 Å². The number of anilines is 2. The number of rotatable bonds is 8. The molecule has 2 unspecified atom stereocenters. The summed E-state index contributed by atoms with van der Waals surface area (Å²) in [6.45, 7) is 0. The van der Waals surface area contributed by atoms with Crippen molar-refractivity contribution in [1.82, 2.24) is 0 Å². The number of imide groups is 2. The van der Waals surface area contributed by atoms with E-state index in [1.807, 2.05) is 72.8 Å². The van der Waals surface area contributed by atoms with Gasteiger partial charge in [0.05, 0.1) is 25.7 Å². The summed E-state index contributed by atoms with van der Waals surface area (Å²) in [7, 11) is 13.4. The van der Waals surface area contributed by atoms with E-state index < -0.39 is 11.6 Å². The third-order valence-corrected chi connectivity index (χ3v) is 7.61. The Morgan fingerprint density at radius 3 is 1.16 bits per heavy atom.